The third-order valence-electron chi connectivity index (χ3n) is 4.06. The number of nitrogens with zero attached hydrogens (tertiary/aromatic N) is 2. The predicted molar refractivity (Wildman–Crippen MR) is 111 cm³/mol. The second kappa shape index (κ2) is 10.6. The lowest BCUT2D eigenvalue weighted by molar-refractivity contribution is -0.137. The van der Waals surface area contributed by atoms with Crippen LogP contribution in [0, 0.1) is 6.92 Å². The molecule has 1 heterocycles. The van der Waals surface area contributed by atoms with Crippen molar-refractivity contribution in [2.45, 2.75) is 58.6 Å². The van der Waals surface area contributed by atoms with Crippen molar-refractivity contribution in [2.75, 3.05) is 6.54 Å². The number of aromatic nitrogens is 2. The van der Waals surface area contributed by atoms with Crippen molar-refractivity contribution in [3.8, 4) is 11.4 Å². The Morgan fingerprint density at radius 2 is 2.00 bits per heavy atom. The van der Waals surface area contributed by atoms with E-state index in [1.165, 1.54) is 0 Å². The van der Waals surface area contributed by atoms with Crippen molar-refractivity contribution >= 4 is 18.0 Å². The summed E-state index contributed by atoms with van der Waals surface area (Å²) in [7, 11) is 0. The number of amides is 2. The largest absolute Gasteiger partial charge is 0.481 e. The number of alkyl carbamates (subject to hydrolysis) is 1. The molecule has 31 heavy (non-hydrogen) atoms. The molecule has 0 saturated carbocycles. The second-order valence-electron chi connectivity index (χ2n) is 8.06. The maximum atomic E-state index is 12.7. The fourth-order valence-corrected chi connectivity index (χ4v) is 2.77. The fourth-order valence-electron chi connectivity index (χ4n) is 2.77. The van der Waals surface area contributed by atoms with E-state index >= 15 is 0 Å². The van der Waals surface area contributed by atoms with E-state index in [-0.39, 0.29) is 6.42 Å². The first-order chi connectivity index (χ1) is 14.5. The molecule has 3 N–H and O–H groups in total. The molecule has 168 valence electrons. The van der Waals surface area contributed by atoms with Crippen LogP contribution in [0.1, 0.15) is 56.3 Å². The number of hydrogen-bond acceptors (Lipinski definition) is 7. The molecule has 0 aliphatic carbocycles. The van der Waals surface area contributed by atoms with E-state index in [0.29, 0.717) is 42.2 Å². The summed E-state index contributed by atoms with van der Waals surface area (Å²) in [4.78, 5) is 39.7. The number of aryl methyl sites for hydroxylation is 1. The Labute approximate surface area is 180 Å². The Hall–Kier alpha value is -3.43. The number of benzene rings is 1. The van der Waals surface area contributed by atoms with E-state index in [0.717, 1.165) is 0 Å². The number of carbonyl (C=O) groups excluding carboxylic acids is 2. The Kier molecular flexibility index (Phi) is 8.12. The minimum atomic E-state index is -1.03. The van der Waals surface area contributed by atoms with E-state index in [1.807, 2.05) is 0 Å². The highest BCUT2D eigenvalue weighted by molar-refractivity contribution is 5.95. The summed E-state index contributed by atoms with van der Waals surface area (Å²) in [6, 6.07) is 6.07. The van der Waals surface area contributed by atoms with Crippen LogP contribution >= 0.6 is 0 Å². The summed E-state index contributed by atoms with van der Waals surface area (Å²) in [5, 5.41) is 18.4. The zero-order chi connectivity index (χ0) is 23.0. The van der Waals surface area contributed by atoms with Crippen LogP contribution in [0.25, 0.3) is 11.4 Å². The fraction of sp³-hybridized carbons (Fsp3) is 0.476. The minimum absolute atomic E-state index is 0.234. The zero-order valence-electron chi connectivity index (χ0n) is 18.1. The van der Waals surface area contributed by atoms with Crippen molar-refractivity contribution in [1.82, 2.24) is 20.8 Å². The van der Waals surface area contributed by atoms with Crippen LogP contribution in [0.15, 0.2) is 28.8 Å². The Morgan fingerprint density at radius 3 is 2.61 bits per heavy atom. The smallest absolute Gasteiger partial charge is 0.407 e. The van der Waals surface area contributed by atoms with Crippen LogP contribution in [0.5, 0.6) is 0 Å². The second-order valence-corrected chi connectivity index (χ2v) is 8.06. The molecule has 0 saturated heterocycles. The molecule has 0 fully saturated rings. The first kappa shape index (κ1) is 23.8. The molecule has 0 aliphatic rings. The van der Waals surface area contributed by atoms with Crippen LogP contribution in [0.4, 0.5) is 4.79 Å². The van der Waals surface area contributed by atoms with E-state index in [4.69, 9.17) is 14.4 Å². The van der Waals surface area contributed by atoms with Gasteiger partial charge in [-0.15, -0.1) is 0 Å². The van der Waals surface area contributed by atoms with Gasteiger partial charge in [-0.1, -0.05) is 17.3 Å². The zero-order valence-corrected chi connectivity index (χ0v) is 18.1. The number of aliphatic carboxylic acids is 1. The highest BCUT2D eigenvalue weighted by Gasteiger charge is 2.19. The molecule has 0 bridgehead atoms. The number of carboxylic acids is 1. The van der Waals surface area contributed by atoms with Gasteiger partial charge in [0.2, 0.25) is 11.7 Å². The van der Waals surface area contributed by atoms with Crippen LogP contribution in [-0.2, 0) is 9.53 Å². The van der Waals surface area contributed by atoms with Gasteiger partial charge >= 0.3 is 12.1 Å². The van der Waals surface area contributed by atoms with E-state index in [1.54, 1.807) is 52.0 Å². The topological polar surface area (TPSA) is 144 Å². The lowest BCUT2D eigenvalue weighted by Crippen LogP contribution is -2.38. The standard InChI is InChI=1S/C21H28N4O6/c1-13-23-18(25-31-13)14-7-5-8-15(11-14)19(28)24-16(12-17(26)27)9-6-10-22-20(29)30-21(2,3)4/h5,7-8,11,16H,6,9-10,12H2,1-4H3,(H,22,29)(H,24,28)(H,26,27). The predicted octanol–water partition coefficient (Wildman–Crippen LogP) is 2.92. The van der Waals surface area contributed by atoms with Gasteiger partial charge < -0.3 is 25.0 Å². The van der Waals surface area contributed by atoms with Crippen molar-refractivity contribution < 1.29 is 28.8 Å². The number of nitrogens with one attached hydrogen (secondary N) is 2. The SMILES string of the molecule is Cc1nc(-c2cccc(C(=O)NC(CCCNC(=O)OC(C)(C)C)CC(=O)O)c2)no1. The minimum Gasteiger partial charge on any atom is -0.481 e. The Balaban J connectivity index is 1.93. The average molecular weight is 432 g/mol. The van der Waals surface area contributed by atoms with Gasteiger partial charge in [-0.25, -0.2) is 4.79 Å². The van der Waals surface area contributed by atoms with Gasteiger partial charge in [0.15, 0.2) is 0 Å². The quantitative estimate of drug-likeness (QED) is 0.513. The third-order valence-corrected chi connectivity index (χ3v) is 4.06. The van der Waals surface area contributed by atoms with E-state index < -0.39 is 29.6 Å². The van der Waals surface area contributed by atoms with E-state index in [2.05, 4.69) is 20.8 Å². The summed E-state index contributed by atoms with van der Waals surface area (Å²) in [6.45, 7) is 7.26. The van der Waals surface area contributed by atoms with Crippen LogP contribution in [0.2, 0.25) is 0 Å². The van der Waals surface area contributed by atoms with Crippen LogP contribution in [0.3, 0.4) is 0 Å². The molecule has 2 rings (SSSR count). The number of rotatable bonds is 9. The van der Waals surface area contributed by atoms with Gasteiger partial charge in [-0.05, 0) is 45.7 Å². The molecule has 1 aromatic heterocycles. The van der Waals surface area contributed by atoms with E-state index in [9.17, 15) is 14.4 Å². The molecule has 1 atom stereocenters. The summed E-state index contributed by atoms with van der Waals surface area (Å²) >= 11 is 0. The third kappa shape index (κ3) is 8.45. The summed E-state index contributed by atoms with van der Waals surface area (Å²) < 4.78 is 10.1. The molecule has 0 radical (unpaired) electrons. The van der Waals surface area contributed by atoms with Gasteiger partial charge in [0.1, 0.15) is 5.60 Å². The Bertz CT molecular complexity index is 919. The number of hydrogen-bond donors (Lipinski definition) is 3. The summed E-state index contributed by atoms with van der Waals surface area (Å²) in [5.74, 6) is -0.663. The molecule has 0 aliphatic heterocycles. The van der Waals surface area contributed by atoms with Crippen molar-refractivity contribution in [1.29, 1.82) is 0 Å². The van der Waals surface area contributed by atoms with Crippen molar-refractivity contribution in [3.05, 3.63) is 35.7 Å². The van der Waals surface area contributed by atoms with Gasteiger partial charge in [-0.3, -0.25) is 9.59 Å². The first-order valence-electron chi connectivity index (χ1n) is 9.94. The Morgan fingerprint density at radius 1 is 1.26 bits per heavy atom. The normalized spacial score (nSPS) is 12.1. The molecule has 2 amide bonds. The maximum absolute atomic E-state index is 12.7. The van der Waals surface area contributed by atoms with Crippen LogP contribution in [-0.4, -0.2) is 51.4 Å². The highest BCUT2D eigenvalue weighted by Crippen LogP contribution is 2.17. The summed E-state index contributed by atoms with van der Waals surface area (Å²) in [6.07, 6.45) is 0.0684. The van der Waals surface area contributed by atoms with Gasteiger partial charge in [0.25, 0.3) is 5.91 Å². The highest BCUT2D eigenvalue weighted by atomic mass is 16.6. The molecule has 2 aromatic rings. The molecule has 1 aromatic carbocycles. The number of ether oxygens (including phenoxy) is 1. The monoisotopic (exact) mass is 432 g/mol. The van der Waals surface area contributed by atoms with Crippen LogP contribution < -0.4 is 10.6 Å². The molecule has 10 nitrogen and oxygen atoms in total. The average Bonchev–Trinajstić information content (AvgIpc) is 3.10. The number of carbonyl (C=O) groups is 3. The number of carboxylic acid groups (broad SMARTS) is 1. The lowest BCUT2D eigenvalue weighted by Gasteiger charge is -2.20. The summed E-state index contributed by atoms with van der Waals surface area (Å²) in [5.41, 5.74) is 0.363. The van der Waals surface area contributed by atoms with Crippen molar-refractivity contribution in [3.63, 3.8) is 0 Å². The maximum Gasteiger partial charge on any atom is 0.407 e. The molecule has 10 heteroatoms. The molecule has 1 unspecified atom stereocenters. The van der Waals surface area contributed by atoms with Gasteiger partial charge in [0.05, 0.1) is 6.42 Å². The van der Waals surface area contributed by atoms with Gasteiger partial charge in [-0.2, -0.15) is 4.98 Å². The van der Waals surface area contributed by atoms with Crippen molar-refractivity contribution in [2.24, 2.45) is 0 Å². The molecular formula is C21H28N4O6. The lowest BCUT2D eigenvalue weighted by atomic mass is 10.1. The first-order valence-corrected chi connectivity index (χ1v) is 9.94. The van der Waals surface area contributed by atoms with Gasteiger partial charge in [0, 0.05) is 30.6 Å². The molecule has 0 spiro atoms. The molecular weight excluding hydrogens is 404 g/mol.